The average molecular weight is 331 g/mol. The Labute approximate surface area is 142 Å². The summed E-state index contributed by atoms with van der Waals surface area (Å²) in [5, 5.41) is 15.1. The molecule has 0 saturated heterocycles. The van der Waals surface area contributed by atoms with Gasteiger partial charge in [0.15, 0.2) is 0 Å². The summed E-state index contributed by atoms with van der Waals surface area (Å²) < 4.78 is 4.41. The van der Waals surface area contributed by atoms with Crippen LogP contribution in [0.1, 0.15) is 16.1 Å². The Kier molecular flexibility index (Phi) is 3.59. The van der Waals surface area contributed by atoms with Gasteiger partial charge in [-0.25, -0.2) is 10.1 Å². The molecule has 25 heavy (non-hydrogen) atoms. The lowest BCUT2D eigenvalue weighted by Gasteiger charge is -2.07. The molecule has 0 bridgehead atoms. The van der Waals surface area contributed by atoms with Gasteiger partial charge in [0.1, 0.15) is 0 Å². The number of hydrazone groups is 1. The van der Waals surface area contributed by atoms with E-state index in [1.165, 1.54) is 0 Å². The fourth-order valence-corrected chi connectivity index (χ4v) is 2.75. The van der Waals surface area contributed by atoms with Crippen molar-refractivity contribution in [1.29, 1.82) is 0 Å². The second kappa shape index (κ2) is 6.04. The highest BCUT2D eigenvalue weighted by Gasteiger charge is 2.15. The number of rotatable bonds is 3. The van der Waals surface area contributed by atoms with E-state index >= 15 is 0 Å². The van der Waals surface area contributed by atoms with E-state index in [1.807, 2.05) is 48.5 Å². The van der Waals surface area contributed by atoms with Gasteiger partial charge in [0.25, 0.3) is 5.91 Å². The standard InChI is InChI=1S/C18H13N5O2/c19-17-16(22-25-23-17)18(24)21-20-10-15-13-7-3-1-5-11(13)9-12-6-2-4-8-14(12)15/h1-10H,(H2,19,23)(H,21,24)/b20-10+. The van der Waals surface area contributed by atoms with Crippen LogP contribution >= 0.6 is 0 Å². The molecule has 0 aliphatic carbocycles. The number of hydrogen-bond donors (Lipinski definition) is 2. The molecule has 1 amide bonds. The van der Waals surface area contributed by atoms with E-state index < -0.39 is 5.91 Å². The summed E-state index contributed by atoms with van der Waals surface area (Å²) in [5.41, 5.74) is 8.70. The zero-order valence-corrected chi connectivity index (χ0v) is 13.0. The topological polar surface area (TPSA) is 106 Å². The monoisotopic (exact) mass is 331 g/mol. The van der Waals surface area contributed by atoms with Crippen molar-refractivity contribution in [1.82, 2.24) is 15.7 Å². The third-order valence-corrected chi connectivity index (χ3v) is 3.90. The highest BCUT2D eigenvalue weighted by molar-refractivity contribution is 6.13. The molecule has 3 N–H and O–H groups in total. The maximum absolute atomic E-state index is 12.0. The summed E-state index contributed by atoms with van der Waals surface area (Å²) in [6.45, 7) is 0. The fourth-order valence-electron chi connectivity index (χ4n) is 2.75. The molecule has 4 rings (SSSR count). The molecule has 0 unspecified atom stereocenters. The van der Waals surface area contributed by atoms with E-state index in [1.54, 1.807) is 6.21 Å². The van der Waals surface area contributed by atoms with Gasteiger partial charge in [-0.05, 0) is 37.9 Å². The van der Waals surface area contributed by atoms with Crippen LogP contribution in [0.25, 0.3) is 21.5 Å². The Morgan fingerprint density at radius 3 is 2.28 bits per heavy atom. The van der Waals surface area contributed by atoms with E-state index in [9.17, 15) is 4.79 Å². The molecule has 0 fully saturated rings. The Balaban J connectivity index is 1.74. The lowest BCUT2D eigenvalue weighted by atomic mass is 9.97. The summed E-state index contributed by atoms with van der Waals surface area (Å²) in [6.07, 6.45) is 1.62. The van der Waals surface area contributed by atoms with E-state index in [0.717, 1.165) is 27.1 Å². The molecule has 0 atom stereocenters. The molecule has 0 aliphatic heterocycles. The minimum absolute atomic E-state index is 0.0803. The molecule has 3 aromatic carbocycles. The molecule has 1 heterocycles. The van der Waals surface area contributed by atoms with Crippen LogP contribution in [0.15, 0.2) is 64.3 Å². The Morgan fingerprint density at radius 2 is 1.68 bits per heavy atom. The molecule has 122 valence electrons. The second-order valence-corrected chi connectivity index (χ2v) is 5.43. The Morgan fingerprint density at radius 1 is 1.04 bits per heavy atom. The highest BCUT2D eigenvalue weighted by atomic mass is 16.6. The molecule has 0 saturated carbocycles. The zero-order chi connectivity index (χ0) is 17.2. The first-order chi connectivity index (χ1) is 12.2. The third kappa shape index (κ3) is 2.67. The fraction of sp³-hybridized carbons (Fsp3) is 0. The Hall–Kier alpha value is -3.74. The van der Waals surface area contributed by atoms with Crippen molar-refractivity contribution in [3.8, 4) is 0 Å². The van der Waals surface area contributed by atoms with Crippen LogP contribution in [-0.2, 0) is 0 Å². The quantitative estimate of drug-likeness (QED) is 0.341. The number of amides is 1. The van der Waals surface area contributed by atoms with Crippen LogP contribution in [-0.4, -0.2) is 22.4 Å². The number of nitrogen functional groups attached to an aromatic ring is 1. The van der Waals surface area contributed by atoms with E-state index in [0.29, 0.717) is 0 Å². The summed E-state index contributed by atoms with van der Waals surface area (Å²) in [5.74, 6) is -0.664. The molecular formula is C18H13N5O2. The summed E-state index contributed by atoms with van der Waals surface area (Å²) in [6, 6.07) is 18.2. The first-order valence-corrected chi connectivity index (χ1v) is 7.56. The van der Waals surface area contributed by atoms with Gasteiger partial charge in [-0.1, -0.05) is 48.5 Å². The zero-order valence-electron chi connectivity index (χ0n) is 13.0. The lowest BCUT2D eigenvalue weighted by molar-refractivity contribution is 0.0946. The number of nitrogens with two attached hydrogens (primary N) is 1. The number of carbonyl (C=O) groups is 1. The van der Waals surface area contributed by atoms with Crippen LogP contribution < -0.4 is 11.2 Å². The highest BCUT2D eigenvalue weighted by Crippen LogP contribution is 2.27. The largest absolute Gasteiger partial charge is 0.379 e. The summed E-state index contributed by atoms with van der Waals surface area (Å²) in [7, 11) is 0. The molecule has 1 aromatic heterocycles. The van der Waals surface area contributed by atoms with Gasteiger partial charge >= 0.3 is 0 Å². The normalized spacial score (nSPS) is 11.4. The van der Waals surface area contributed by atoms with E-state index in [2.05, 4.69) is 31.5 Å². The van der Waals surface area contributed by atoms with E-state index in [-0.39, 0.29) is 11.5 Å². The second-order valence-electron chi connectivity index (χ2n) is 5.43. The minimum atomic E-state index is -0.584. The minimum Gasteiger partial charge on any atom is -0.379 e. The predicted octanol–water partition coefficient (Wildman–Crippen LogP) is 2.72. The van der Waals surface area contributed by atoms with Crippen LogP contribution in [0.5, 0.6) is 0 Å². The van der Waals surface area contributed by atoms with Gasteiger partial charge in [0.05, 0.1) is 6.21 Å². The number of benzene rings is 3. The van der Waals surface area contributed by atoms with Gasteiger partial charge in [-0.2, -0.15) is 5.10 Å². The number of fused-ring (bicyclic) bond motifs is 2. The summed E-state index contributed by atoms with van der Waals surface area (Å²) in [4.78, 5) is 12.0. The van der Waals surface area contributed by atoms with Gasteiger partial charge in [0, 0.05) is 5.56 Å². The Bertz CT molecular complexity index is 1060. The van der Waals surface area contributed by atoms with Crippen LogP contribution in [0.4, 0.5) is 5.82 Å². The molecular weight excluding hydrogens is 318 g/mol. The molecule has 7 heteroatoms. The number of nitrogens with zero attached hydrogens (tertiary/aromatic N) is 3. The molecule has 7 nitrogen and oxygen atoms in total. The van der Waals surface area contributed by atoms with Crippen LogP contribution in [0, 0.1) is 0 Å². The SMILES string of the molecule is Nc1nonc1C(=O)N/N=C/c1c2ccccc2cc2ccccc12. The van der Waals surface area contributed by atoms with Gasteiger partial charge in [-0.3, -0.25) is 4.79 Å². The maximum atomic E-state index is 12.0. The number of nitrogens with one attached hydrogen (secondary N) is 1. The van der Waals surface area contributed by atoms with Crippen molar-refractivity contribution < 1.29 is 9.42 Å². The van der Waals surface area contributed by atoms with Crippen molar-refractivity contribution in [2.24, 2.45) is 5.10 Å². The average Bonchev–Trinajstić information content (AvgIpc) is 3.07. The van der Waals surface area contributed by atoms with Crippen molar-refractivity contribution in [2.45, 2.75) is 0 Å². The number of anilines is 1. The molecule has 0 spiro atoms. The van der Waals surface area contributed by atoms with Gasteiger partial charge in [-0.15, -0.1) is 0 Å². The lowest BCUT2D eigenvalue weighted by Crippen LogP contribution is -2.19. The first kappa shape index (κ1) is 14.8. The van der Waals surface area contributed by atoms with Crippen LogP contribution in [0.3, 0.4) is 0 Å². The maximum Gasteiger partial charge on any atom is 0.297 e. The molecule has 4 aromatic rings. The van der Waals surface area contributed by atoms with Crippen molar-refractivity contribution in [3.05, 3.63) is 65.9 Å². The predicted molar refractivity (Wildman–Crippen MR) is 95.2 cm³/mol. The number of carbonyl (C=O) groups excluding carboxylic acids is 1. The van der Waals surface area contributed by atoms with E-state index in [4.69, 9.17) is 5.73 Å². The van der Waals surface area contributed by atoms with Crippen molar-refractivity contribution >= 4 is 39.5 Å². The smallest absolute Gasteiger partial charge is 0.297 e. The van der Waals surface area contributed by atoms with Crippen LogP contribution in [0.2, 0.25) is 0 Å². The van der Waals surface area contributed by atoms with Gasteiger partial charge < -0.3 is 5.73 Å². The summed E-state index contributed by atoms with van der Waals surface area (Å²) >= 11 is 0. The number of hydrogen-bond acceptors (Lipinski definition) is 6. The first-order valence-electron chi connectivity index (χ1n) is 7.56. The van der Waals surface area contributed by atoms with Gasteiger partial charge in [0.2, 0.25) is 11.5 Å². The van der Waals surface area contributed by atoms with Crippen molar-refractivity contribution in [3.63, 3.8) is 0 Å². The van der Waals surface area contributed by atoms with Crippen molar-refractivity contribution in [2.75, 3.05) is 5.73 Å². The number of aromatic nitrogens is 2. The third-order valence-electron chi connectivity index (χ3n) is 3.90. The molecule has 0 aliphatic rings. The molecule has 0 radical (unpaired) electrons.